The number of nitrogens with zero attached hydrogens (tertiary/aromatic N) is 2. The van der Waals surface area contributed by atoms with Crippen LogP contribution in [0.4, 0.5) is 5.69 Å². The van der Waals surface area contributed by atoms with Gasteiger partial charge in [0, 0.05) is 40.8 Å². The summed E-state index contributed by atoms with van der Waals surface area (Å²) < 4.78 is 0. The van der Waals surface area contributed by atoms with Gasteiger partial charge in [0.2, 0.25) is 0 Å². The number of hydrogen-bond donors (Lipinski definition) is 0. The quantitative estimate of drug-likeness (QED) is 0.594. The molecule has 0 radical (unpaired) electrons. The Morgan fingerprint density at radius 2 is 2.00 bits per heavy atom. The number of hydrogen-bond acceptors (Lipinski definition) is 3. The van der Waals surface area contributed by atoms with Gasteiger partial charge in [-0.3, -0.25) is 0 Å². The lowest BCUT2D eigenvalue weighted by atomic mass is 9.54. The molecule has 4 rings (SSSR count). The highest BCUT2D eigenvalue weighted by Crippen LogP contribution is 2.59. The van der Waals surface area contributed by atoms with E-state index in [0.717, 1.165) is 12.8 Å². The predicted molar refractivity (Wildman–Crippen MR) is 113 cm³/mol. The highest BCUT2D eigenvalue weighted by molar-refractivity contribution is 7.13. The Balaban J connectivity index is 1.99. The van der Waals surface area contributed by atoms with Crippen LogP contribution in [-0.2, 0) is 5.41 Å². The molecule has 0 saturated carbocycles. The smallest absolute Gasteiger partial charge is 0.112 e. The summed E-state index contributed by atoms with van der Waals surface area (Å²) in [7, 11) is 2.20. The zero-order valence-corrected chi connectivity index (χ0v) is 17.0. The number of thiophene rings is 1. The third-order valence-electron chi connectivity index (χ3n) is 6.90. The van der Waals surface area contributed by atoms with Crippen molar-refractivity contribution in [2.75, 3.05) is 11.9 Å². The fourth-order valence-electron chi connectivity index (χ4n) is 5.34. The van der Waals surface area contributed by atoms with Crippen LogP contribution in [0.3, 0.4) is 0 Å². The molecule has 3 heterocycles. The van der Waals surface area contributed by atoms with E-state index in [1.807, 2.05) is 0 Å². The maximum absolute atomic E-state index is 4.33. The molecule has 26 heavy (non-hydrogen) atoms. The summed E-state index contributed by atoms with van der Waals surface area (Å²) in [5.74, 6) is 0. The molecule has 0 N–H and O–H groups in total. The summed E-state index contributed by atoms with van der Waals surface area (Å²) in [4.78, 5) is 6.18. The molecule has 1 unspecified atom stereocenters. The van der Waals surface area contributed by atoms with E-state index in [1.165, 1.54) is 21.7 Å². The molecule has 3 heteroatoms. The van der Waals surface area contributed by atoms with E-state index in [1.54, 1.807) is 11.3 Å². The molecule has 1 aromatic heterocycles. The first kappa shape index (κ1) is 17.4. The van der Waals surface area contributed by atoms with Gasteiger partial charge in [-0.2, -0.15) is 0 Å². The van der Waals surface area contributed by atoms with Crippen molar-refractivity contribution in [2.24, 2.45) is 5.41 Å². The maximum Gasteiger partial charge on any atom is 0.112 e. The van der Waals surface area contributed by atoms with E-state index in [0.29, 0.717) is 6.17 Å². The largest absolute Gasteiger partial charge is 0.358 e. The van der Waals surface area contributed by atoms with Gasteiger partial charge in [0.25, 0.3) is 0 Å². The van der Waals surface area contributed by atoms with Crippen LogP contribution in [0.1, 0.15) is 39.2 Å². The predicted octanol–water partition coefficient (Wildman–Crippen LogP) is 6.23. The van der Waals surface area contributed by atoms with Gasteiger partial charge in [0.15, 0.2) is 0 Å². The van der Waals surface area contributed by atoms with Gasteiger partial charge in [-0.25, -0.2) is 0 Å². The average molecular weight is 365 g/mol. The second kappa shape index (κ2) is 6.02. The molecule has 1 aromatic carbocycles. The lowest BCUT2D eigenvalue weighted by Crippen LogP contribution is -2.61. The molecular weight excluding hydrogens is 336 g/mol. The number of allylic oxidation sites excluding steroid dienone is 1. The normalized spacial score (nSPS) is 29.6. The van der Waals surface area contributed by atoms with Crippen molar-refractivity contribution in [2.45, 2.75) is 45.2 Å². The van der Waals surface area contributed by atoms with Crippen LogP contribution in [0, 0.1) is 5.41 Å². The van der Waals surface area contributed by atoms with Crippen molar-refractivity contribution in [3.05, 3.63) is 66.3 Å². The minimum Gasteiger partial charge on any atom is -0.358 e. The lowest BCUT2D eigenvalue weighted by Gasteiger charge is -2.59. The first-order valence-corrected chi connectivity index (χ1v) is 10.4. The van der Waals surface area contributed by atoms with E-state index >= 15 is 0 Å². The molecule has 2 aliphatic rings. The highest BCUT2D eigenvalue weighted by Gasteiger charge is 2.58. The lowest BCUT2D eigenvalue weighted by molar-refractivity contribution is 0.0567. The fraction of sp³-hybridized carbons (Fsp3) is 0.391. The minimum absolute atomic E-state index is 0.0352. The molecule has 2 aliphatic heterocycles. The Hall–Kier alpha value is -2.00. The van der Waals surface area contributed by atoms with Crippen LogP contribution in [0.15, 0.2) is 60.8 Å². The average Bonchev–Trinajstić information content (AvgIpc) is 3.33. The SMILES string of the molecule is C=CC1(CC)c2ccc(-c3cccs3)cc2N2C=CN(C)[C@H]2[C@]1(C)CC. The van der Waals surface area contributed by atoms with Gasteiger partial charge in [-0.05, 0) is 41.5 Å². The number of fused-ring (bicyclic) bond motifs is 3. The minimum atomic E-state index is -0.0352. The zero-order chi connectivity index (χ0) is 18.5. The Kier molecular flexibility index (Phi) is 4.03. The van der Waals surface area contributed by atoms with Crippen molar-refractivity contribution in [1.29, 1.82) is 0 Å². The third-order valence-corrected chi connectivity index (χ3v) is 7.82. The second-order valence-corrected chi connectivity index (χ2v) is 8.70. The van der Waals surface area contributed by atoms with Gasteiger partial charge in [-0.15, -0.1) is 17.9 Å². The van der Waals surface area contributed by atoms with E-state index in [9.17, 15) is 0 Å². The van der Waals surface area contributed by atoms with E-state index in [-0.39, 0.29) is 10.8 Å². The monoisotopic (exact) mass is 364 g/mol. The molecule has 0 spiro atoms. The van der Waals surface area contributed by atoms with Crippen LogP contribution in [-0.4, -0.2) is 18.1 Å². The molecule has 0 bridgehead atoms. The third kappa shape index (κ3) is 2.04. The summed E-state index contributed by atoms with van der Waals surface area (Å²) in [6.07, 6.45) is 9.17. The van der Waals surface area contributed by atoms with Gasteiger partial charge >= 0.3 is 0 Å². The van der Waals surface area contributed by atoms with Crippen LogP contribution in [0.5, 0.6) is 0 Å². The molecule has 2 nitrogen and oxygen atoms in total. The zero-order valence-electron chi connectivity index (χ0n) is 16.2. The number of benzene rings is 1. The topological polar surface area (TPSA) is 6.48 Å². The highest BCUT2D eigenvalue weighted by atomic mass is 32.1. The molecule has 3 atom stereocenters. The summed E-state index contributed by atoms with van der Waals surface area (Å²) in [5.41, 5.74) is 4.09. The van der Waals surface area contributed by atoms with Crippen molar-refractivity contribution >= 4 is 17.0 Å². The van der Waals surface area contributed by atoms with E-state index in [4.69, 9.17) is 0 Å². The molecular formula is C23H28N2S. The number of rotatable bonds is 4. The molecule has 136 valence electrons. The van der Waals surface area contributed by atoms with Crippen LogP contribution in [0.2, 0.25) is 0 Å². The van der Waals surface area contributed by atoms with Crippen LogP contribution in [0.25, 0.3) is 10.4 Å². The van der Waals surface area contributed by atoms with Gasteiger partial charge in [-0.1, -0.05) is 45.0 Å². The molecule has 0 amide bonds. The summed E-state index contributed by atoms with van der Waals surface area (Å²) in [6, 6.07) is 11.3. The standard InChI is InChI=1S/C23H28N2S/c1-6-22(4)21-24(5)13-14-25(21)19-16-17(20-10-9-15-26-20)11-12-18(19)23(22,7-2)8-3/h7,9-16,21H,2,6,8H2,1,3-5H3/t21-,22+,23?/m1/s1. The molecule has 2 aromatic rings. The Morgan fingerprint density at radius 3 is 2.62 bits per heavy atom. The van der Waals surface area contributed by atoms with E-state index in [2.05, 4.69) is 98.4 Å². The Morgan fingerprint density at radius 1 is 1.19 bits per heavy atom. The molecule has 0 aliphatic carbocycles. The Labute approximate surface area is 161 Å². The van der Waals surface area contributed by atoms with Crippen LogP contribution < -0.4 is 4.90 Å². The van der Waals surface area contributed by atoms with Crippen molar-refractivity contribution in [1.82, 2.24) is 4.90 Å². The van der Waals surface area contributed by atoms with Gasteiger partial charge in [0.05, 0.1) is 0 Å². The van der Waals surface area contributed by atoms with Gasteiger partial charge in [0.1, 0.15) is 6.17 Å². The summed E-state index contributed by atoms with van der Waals surface area (Å²) >= 11 is 1.80. The summed E-state index contributed by atoms with van der Waals surface area (Å²) in [5, 5.41) is 2.15. The summed E-state index contributed by atoms with van der Waals surface area (Å²) in [6.45, 7) is 11.4. The van der Waals surface area contributed by atoms with Gasteiger partial charge < -0.3 is 9.80 Å². The maximum atomic E-state index is 4.33. The molecule has 0 fully saturated rings. The number of anilines is 1. The first-order chi connectivity index (χ1) is 12.5. The van der Waals surface area contributed by atoms with Crippen LogP contribution >= 0.6 is 11.3 Å². The Bertz CT molecular complexity index is 853. The van der Waals surface area contributed by atoms with Crippen molar-refractivity contribution < 1.29 is 0 Å². The second-order valence-electron chi connectivity index (χ2n) is 7.75. The first-order valence-electron chi connectivity index (χ1n) is 9.53. The van der Waals surface area contributed by atoms with E-state index < -0.39 is 0 Å². The fourth-order valence-corrected chi connectivity index (χ4v) is 6.07. The van der Waals surface area contributed by atoms with Crippen molar-refractivity contribution in [3.8, 4) is 10.4 Å². The molecule has 0 saturated heterocycles. The van der Waals surface area contributed by atoms with Crippen molar-refractivity contribution in [3.63, 3.8) is 0 Å².